The molecule has 2 saturated heterocycles. The molecule has 1 atom stereocenters. The van der Waals surface area contributed by atoms with Crippen LogP contribution in [0, 0.1) is 0 Å². The van der Waals surface area contributed by atoms with E-state index in [0.717, 1.165) is 19.6 Å². The van der Waals surface area contributed by atoms with E-state index in [2.05, 4.69) is 17.0 Å². The van der Waals surface area contributed by atoms with E-state index in [-0.39, 0.29) is 38.7 Å². The lowest BCUT2D eigenvalue weighted by molar-refractivity contribution is -0.142. The number of ketones is 1. The summed E-state index contributed by atoms with van der Waals surface area (Å²) in [6, 6.07) is 13.8. The minimum absolute atomic E-state index is 0.0311. The Hall–Kier alpha value is -3.46. The van der Waals surface area contributed by atoms with Crippen LogP contribution in [0.15, 0.2) is 64.8 Å². The van der Waals surface area contributed by atoms with Gasteiger partial charge in [-0.1, -0.05) is 53.5 Å². The van der Waals surface area contributed by atoms with Gasteiger partial charge in [0.1, 0.15) is 22.6 Å². The van der Waals surface area contributed by atoms with Crippen LogP contribution in [0.2, 0.25) is 10.0 Å². The Morgan fingerprint density at radius 2 is 1.72 bits per heavy atom. The zero-order valence-corrected chi connectivity index (χ0v) is 23.0. The van der Waals surface area contributed by atoms with Crippen molar-refractivity contribution in [3.63, 3.8) is 0 Å². The molecule has 3 heterocycles. The van der Waals surface area contributed by atoms with Crippen molar-refractivity contribution in [1.29, 1.82) is 0 Å². The fraction of sp³-hybridized carbons (Fsp3) is 0.310. The molecule has 0 radical (unpaired) electrons. The summed E-state index contributed by atoms with van der Waals surface area (Å²) in [6.45, 7) is 2.32. The van der Waals surface area contributed by atoms with Crippen molar-refractivity contribution in [2.45, 2.75) is 31.5 Å². The maximum Gasteiger partial charge on any atom is 0.296 e. The first-order valence-electron chi connectivity index (χ1n) is 12.6. The number of piperidine rings is 1. The predicted octanol–water partition coefficient (Wildman–Crippen LogP) is 5.69. The molecule has 1 amide bonds. The largest absolute Gasteiger partial charge is 0.507 e. The van der Waals surface area contributed by atoms with E-state index in [9.17, 15) is 14.7 Å². The lowest BCUT2D eigenvalue weighted by atomic mass is 9.96. The molecular weight excluding hydrogens is 543 g/mol. The van der Waals surface area contributed by atoms with Crippen molar-refractivity contribution >= 4 is 40.7 Å². The summed E-state index contributed by atoms with van der Waals surface area (Å²) in [6.07, 6.45) is 2.81. The number of nitrogens with zero attached hydrogens (tertiary/aromatic N) is 2. The highest BCUT2D eigenvalue weighted by atomic mass is 35.5. The van der Waals surface area contributed by atoms with Crippen LogP contribution in [0.3, 0.4) is 0 Å². The number of halogens is 2. The van der Waals surface area contributed by atoms with E-state index >= 15 is 0 Å². The van der Waals surface area contributed by atoms with Gasteiger partial charge in [-0.15, -0.1) is 0 Å². The number of furan rings is 1. The van der Waals surface area contributed by atoms with Crippen LogP contribution in [-0.2, 0) is 16.1 Å². The third-order valence-corrected chi connectivity index (χ3v) is 7.91. The lowest BCUT2D eigenvalue weighted by Gasteiger charge is -2.38. The van der Waals surface area contributed by atoms with Crippen LogP contribution in [0.5, 0.6) is 11.5 Å². The van der Waals surface area contributed by atoms with Crippen LogP contribution in [0.25, 0.3) is 5.76 Å². The fourth-order valence-corrected chi connectivity index (χ4v) is 6.13. The van der Waals surface area contributed by atoms with Gasteiger partial charge >= 0.3 is 0 Å². The molecule has 1 unspecified atom stereocenters. The Kier molecular flexibility index (Phi) is 7.88. The summed E-state index contributed by atoms with van der Waals surface area (Å²) >= 11 is 12.8. The van der Waals surface area contributed by atoms with Gasteiger partial charge in [-0.3, -0.25) is 14.5 Å². The third-order valence-electron chi connectivity index (χ3n) is 7.29. The minimum Gasteiger partial charge on any atom is -0.507 e. The Balaban J connectivity index is 1.51. The lowest BCUT2D eigenvalue weighted by Crippen LogP contribution is -2.46. The number of amides is 1. The maximum absolute atomic E-state index is 13.5. The van der Waals surface area contributed by atoms with Gasteiger partial charge in [-0.25, -0.2) is 0 Å². The predicted molar refractivity (Wildman–Crippen MR) is 147 cm³/mol. The highest BCUT2D eigenvalue weighted by Crippen LogP contribution is 2.48. The molecule has 2 aromatic carbocycles. The van der Waals surface area contributed by atoms with Crippen molar-refractivity contribution in [2.24, 2.45) is 0 Å². The van der Waals surface area contributed by atoms with Gasteiger partial charge in [-0.2, -0.15) is 0 Å². The van der Waals surface area contributed by atoms with Gasteiger partial charge < -0.3 is 23.9 Å². The number of carbonyl (C=O) groups excluding carboxylic acids is 2. The van der Waals surface area contributed by atoms with Gasteiger partial charge in [0, 0.05) is 25.7 Å². The second kappa shape index (κ2) is 11.3. The highest BCUT2D eigenvalue weighted by molar-refractivity contribution is 6.47. The van der Waals surface area contributed by atoms with Crippen molar-refractivity contribution in [1.82, 2.24) is 9.80 Å². The van der Waals surface area contributed by atoms with Crippen LogP contribution in [-0.4, -0.2) is 59.9 Å². The highest BCUT2D eigenvalue weighted by Gasteiger charge is 2.50. The van der Waals surface area contributed by atoms with E-state index < -0.39 is 23.5 Å². The zero-order valence-electron chi connectivity index (χ0n) is 21.5. The number of aliphatic hydroxyl groups is 1. The summed E-state index contributed by atoms with van der Waals surface area (Å²) in [5.74, 6) is -1.37. The first kappa shape index (κ1) is 27.1. The summed E-state index contributed by atoms with van der Waals surface area (Å²) in [4.78, 5) is 30.9. The monoisotopic (exact) mass is 570 g/mol. The molecule has 0 aliphatic carbocycles. The van der Waals surface area contributed by atoms with Crippen molar-refractivity contribution in [3.05, 3.63) is 87.3 Å². The number of likely N-dealkylation sites (tertiary alicyclic amines) is 2. The van der Waals surface area contributed by atoms with Gasteiger partial charge in [0.2, 0.25) is 0 Å². The summed E-state index contributed by atoms with van der Waals surface area (Å²) < 4.78 is 16.4. The molecule has 2 fully saturated rings. The van der Waals surface area contributed by atoms with E-state index in [1.165, 1.54) is 32.1 Å². The second-order valence-electron chi connectivity index (χ2n) is 9.50. The van der Waals surface area contributed by atoms with Crippen molar-refractivity contribution in [3.8, 4) is 11.5 Å². The molecule has 39 heavy (non-hydrogen) atoms. The van der Waals surface area contributed by atoms with Crippen LogP contribution in [0.4, 0.5) is 0 Å². The molecule has 2 aliphatic rings. The molecule has 3 aromatic rings. The standard InChI is InChI=1S/C29H28Cl2N2O6/c1-37-27-19(15-20(30)28(38-2)23(27)31)25(34)22-24(21-9-6-14-39-21)33(29(36)26(22)35)18-10-12-32(13-11-18)16-17-7-4-3-5-8-17/h3-9,14-15,18,24,34H,10-13,16H2,1-2H3/b25-22-. The number of rotatable bonds is 7. The van der Waals surface area contributed by atoms with Crippen LogP contribution < -0.4 is 9.47 Å². The number of aliphatic hydroxyl groups excluding tert-OH is 1. The normalized spacial score (nSPS) is 20.0. The van der Waals surface area contributed by atoms with Crippen LogP contribution in [0.1, 0.15) is 35.8 Å². The molecule has 204 valence electrons. The molecule has 1 aromatic heterocycles. The summed E-state index contributed by atoms with van der Waals surface area (Å²) in [7, 11) is 2.77. The first-order chi connectivity index (χ1) is 18.8. The smallest absolute Gasteiger partial charge is 0.296 e. The minimum atomic E-state index is -0.921. The van der Waals surface area contributed by atoms with Gasteiger partial charge in [0.15, 0.2) is 11.5 Å². The fourth-order valence-electron chi connectivity index (χ4n) is 5.44. The second-order valence-corrected chi connectivity index (χ2v) is 10.3. The van der Waals surface area contributed by atoms with Gasteiger partial charge in [0.05, 0.1) is 36.6 Å². The summed E-state index contributed by atoms with van der Waals surface area (Å²) in [5.41, 5.74) is 1.18. The molecule has 5 rings (SSSR count). The molecule has 1 N–H and O–H groups in total. The molecule has 0 spiro atoms. The molecule has 0 saturated carbocycles. The SMILES string of the molecule is COc1c(Cl)cc(/C(O)=C2/C(=O)C(=O)N(C3CCN(Cc4ccccc4)CC3)C2c2ccco2)c(OC)c1Cl. The molecule has 10 heteroatoms. The Bertz CT molecular complexity index is 1400. The van der Waals surface area contributed by atoms with E-state index in [1.807, 2.05) is 18.2 Å². The van der Waals surface area contributed by atoms with E-state index in [0.29, 0.717) is 18.6 Å². The quantitative estimate of drug-likeness (QED) is 0.221. The summed E-state index contributed by atoms with van der Waals surface area (Å²) in [5, 5.41) is 11.7. The zero-order chi connectivity index (χ0) is 27.7. The Morgan fingerprint density at radius 3 is 2.33 bits per heavy atom. The number of hydrogen-bond donors (Lipinski definition) is 1. The number of Topliss-reactive ketones (excluding diaryl/α,β-unsaturated/α-hetero) is 1. The van der Waals surface area contributed by atoms with Gasteiger partial charge in [-0.05, 0) is 36.6 Å². The topological polar surface area (TPSA) is 92.5 Å². The molecular formula is C29H28Cl2N2O6. The van der Waals surface area contributed by atoms with Crippen LogP contribution >= 0.6 is 23.2 Å². The average molecular weight is 571 g/mol. The average Bonchev–Trinajstić information content (AvgIpc) is 3.56. The van der Waals surface area contributed by atoms with E-state index in [4.69, 9.17) is 37.1 Å². The van der Waals surface area contributed by atoms with E-state index in [1.54, 1.807) is 17.0 Å². The van der Waals surface area contributed by atoms with Crippen molar-refractivity contribution < 1.29 is 28.6 Å². The molecule has 2 aliphatic heterocycles. The Morgan fingerprint density at radius 1 is 1.03 bits per heavy atom. The number of methoxy groups -OCH3 is 2. The number of carbonyl (C=O) groups is 2. The first-order valence-corrected chi connectivity index (χ1v) is 13.3. The number of ether oxygens (including phenoxy) is 2. The third kappa shape index (κ3) is 5.00. The Labute approximate surface area is 236 Å². The number of hydrogen-bond acceptors (Lipinski definition) is 7. The van der Waals surface area contributed by atoms with Crippen molar-refractivity contribution in [2.75, 3.05) is 27.3 Å². The molecule has 8 nitrogen and oxygen atoms in total. The maximum atomic E-state index is 13.5. The number of benzene rings is 2. The molecule has 0 bridgehead atoms. The van der Waals surface area contributed by atoms with Gasteiger partial charge in [0.25, 0.3) is 11.7 Å².